The van der Waals surface area contributed by atoms with Crippen LogP contribution in [0.25, 0.3) is 0 Å². The summed E-state index contributed by atoms with van der Waals surface area (Å²) in [4.78, 5) is 0. The number of anilines is 1. The van der Waals surface area contributed by atoms with Crippen LogP contribution in [0.1, 0.15) is 64.0 Å². The number of hydrogen-bond donors (Lipinski definition) is 1. The van der Waals surface area contributed by atoms with Gasteiger partial charge in [-0.3, -0.25) is 0 Å². The van der Waals surface area contributed by atoms with Crippen LogP contribution in [0, 0.1) is 0 Å². The molecule has 3 aliphatic rings. The van der Waals surface area contributed by atoms with Crippen molar-refractivity contribution in [2.45, 2.75) is 76.0 Å². The van der Waals surface area contributed by atoms with Crippen LogP contribution in [0.3, 0.4) is 0 Å². The van der Waals surface area contributed by atoms with Gasteiger partial charge in [0, 0.05) is 11.3 Å². The van der Waals surface area contributed by atoms with E-state index < -0.39 is 5.79 Å². The lowest BCUT2D eigenvalue weighted by Gasteiger charge is -2.44. The van der Waals surface area contributed by atoms with Crippen LogP contribution in [0.5, 0.6) is 5.75 Å². The first-order valence-electron chi connectivity index (χ1n) is 8.44. The lowest BCUT2D eigenvalue weighted by molar-refractivity contribution is -0.166. The molecule has 4 nitrogen and oxygen atoms in total. The molecule has 1 aromatic carbocycles. The standard InChI is InChI=1S/C18H25NO3/c1-17(2)21-15-14-12(19)8-7-9-13(14)20-18(16(15)22-17)10-5-3-4-6-11-18/h7-9,15-16H,3-6,10-11,19H2,1-2H3/t15-,16-/m1/s1. The van der Waals surface area contributed by atoms with Crippen molar-refractivity contribution in [2.75, 3.05) is 5.73 Å². The zero-order chi connectivity index (χ0) is 15.4. The fourth-order valence-corrected chi connectivity index (χ4v) is 4.30. The highest BCUT2D eigenvalue weighted by Crippen LogP contribution is 2.55. The van der Waals surface area contributed by atoms with E-state index in [1.54, 1.807) is 0 Å². The maximum absolute atomic E-state index is 6.54. The topological polar surface area (TPSA) is 53.7 Å². The Hall–Kier alpha value is -1.26. The van der Waals surface area contributed by atoms with Gasteiger partial charge >= 0.3 is 0 Å². The number of hydrogen-bond acceptors (Lipinski definition) is 4. The average molecular weight is 303 g/mol. The Balaban J connectivity index is 1.83. The summed E-state index contributed by atoms with van der Waals surface area (Å²) in [5.74, 6) is 0.284. The summed E-state index contributed by atoms with van der Waals surface area (Å²) < 4.78 is 19.1. The third-order valence-electron chi connectivity index (χ3n) is 5.26. The largest absolute Gasteiger partial charge is 0.484 e. The first kappa shape index (κ1) is 14.3. The molecular formula is C18H25NO3. The van der Waals surface area contributed by atoms with Gasteiger partial charge in [0.15, 0.2) is 5.79 Å². The molecule has 1 aliphatic carbocycles. The molecule has 22 heavy (non-hydrogen) atoms. The molecule has 2 aliphatic heterocycles. The smallest absolute Gasteiger partial charge is 0.164 e. The van der Waals surface area contributed by atoms with E-state index in [4.69, 9.17) is 19.9 Å². The molecule has 1 saturated heterocycles. The first-order valence-corrected chi connectivity index (χ1v) is 8.44. The maximum atomic E-state index is 6.54. The summed E-state index contributed by atoms with van der Waals surface area (Å²) in [6.07, 6.45) is 6.78. The number of benzene rings is 1. The molecule has 0 aromatic heterocycles. The second kappa shape index (κ2) is 4.87. The van der Waals surface area contributed by atoms with Gasteiger partial charge in [-0.15, -0.1) is 0 Å². The van der Waals surface area contributed by atoms with Crippen LogP contribution >= 0.6 is 0 Å². The van der Waals surface area contributed by atoms with Gasteiger partial charge in [0.1, 0.15) is 23.6 Å². The van der Waals surface area contributed by atoms with Crippen LogP contribution in [0.15, 0.2) is 18.2 Å². The normalized spacial score (nSPS) is 31.9. The number of ether oxygens (including phenoxy) is 3. The third kappa shape index (κ3) is 2.12. The summed E-state index contributed by atoms with van der Waals surface area (Å²) in [7, 11) is 0. The van der Waals surface area contributed by atoms with Gasteiger partial charge < -0.3 is 19.9 Å². The minimum absolute atomic E-state index is 0.0715. The molecule has 2 fully saturated rings. The maximum Gasteiger partial charge on any atom is 0.164 e. The molecule has 0 bridgehead atoms. The molecule has 0 amide bonds. The summed E-state index contributed by atoms with van der Waals surface area (Å²) in [6.45, 7) is 3.96. The monoisotopic (exact) mass is 303 g/mol. The quantitative estimate of drug-likeness (QED) is 0.737. The molecule has 2 heterocycles. The van der Waals surface area contributed by atoms with Crippen molar-refractivity contribution >= 4 is 5.69 Å². The minimum atomic E-state index is -0.595. The molecule has 120 valence electrons. The molecule has 2 atom stereocenters. The Morgan fingerprint density at radius 3 is 2.50 bits per heavy atom. The van der Waals surface area contributed by atoms with Gasteiger partial charge in [-0.2, -0.15) is 0 Å². The molecule has 1 aromatic rings. The summed E-state index contributed by atoms with van der Waals surface area (Å²) in [5.41, 5.74) is 7.65. The van der Waals surface area contributed by atoms with Crippen molar-refractivity contribution in [3.8, 4) is 5.75 Å². The zero-order valence-corrected chi connectivity index (χ0v) is 13.4. The van der Waals surface area contributed by atoms with E-state index >= 15 is 0 Å². The van der Waals surface area contributed by atoms with Crippen LogP contribution < -0.4 is 10.5 Å². The predicted molar refractivity (Wildman–Crippen MR) is 84.7 cm³/mol. The van der Waals surface area contributed by atoms with Crippen molar-refractivity contribution < 1.29 is 14.2 Å². The van der Waals surface area contributed by atoms with E-state index in [1.165, 1.54) is 25.7 Å². The number of rotatable bonds is 0. The van der Waals surface area contributed by atoms with Crippen molar-refractivity contribution in [2.24, 2.45) is 0 Å². The van der Waals surface area contributed by atoms with Crippen molar-refractivity contribution in [3.63, 3.8) is 0 Å². The van der Waals surface area contributed by atoms with E-state index in [-0.39, 0.29) is 17.8 Å². The van der Waals surface area contributed by atoms with Crippen LogP contribution in [-0.2, 0) is 9.47 Å². The van der Waals surface area contributed by atoms with Gasteiger partial charge in [-0.05, 0) is 51.7 Å². The zero-order valence-electron chi connectivity index (χ0n) is 13.4. The second-order valence-electron chi connectivity index (χ2n) is 7.32. The lowest BCUT2D eigenvalue weighted by Crippen LogP contribution is -2.52. The molecular weight excluding hydrogens is 278 g/mol. The fraction of sp³-hybridized carbons (Fsp3) is 0.667. The third-order valence-corrected chi connectivity index (χ3v) is 5.26. The molecule has 4 rings (SSSR count). The van der Waals surface area contributed by atoms with Gasteiger partial charge in [0.2, 0.25) is 0 Å². The number of fused-ring (bicyclic) bond motifs is 4. The highest BCUT2D eigenvalue weighted by molar-refractivity contribution is 5.57. The molecule has 0 radical (unpaired) electrons. The number of nitrogen functional groups attached to an aromatic ring is 1. The molecule has 4 heteroatoms. The van der Waals surface area contributed by atoms with E-state index in [0.29, 0.717) is 0 Å². The Morgan fingerprint density at radius 1 is 1.05 bits per heavy atom. The lowest BCUT2D eigenvalue weighted by atomic mass is 9.80. The summed E-state index contributed by atoms with van der Waals surface area (Å²) in [6, 6.07) is 5.89. The van der Waals surface area contributed by atoms with E-state index in [2.05, 4.69) is 0 Å². The van der Waals surface area contributed by atoms with Gasteiger partial charge in [0.25, 0.3) is 0 Å². The van der Waals surface area contributed by atoms with E-state index in [9.17, 15) is 0 Å². The molecule has 2 N–H and O–H groups in total. The average Bonchev–Trinajstić information content (AvgIpc) is 2.64. The Bertz CT molecular complexity index is 576. The Labute approximate surface area is 131 Å². The van der Waals surface area contributed by atoms with E-state index in [0.717, 1.165) is 29.8 Å². The second-order valence-corrected chi connectivity index (χ2v) is 7.32. The SMILES string of the molecule is CC1(C)O[C@@H]2c3c(N)cccc3OC3(CCCCCC3)[C@@H]2O1. The van der Waals surface area contributed by atoms with Gasteiger partial charge in [-0.1, -0.05) is 18.9 Å². The highest BCUT2D eigenvalue weighted by Gasteiger charge is 2.58. The fourth-order valence-electron chi connectivity index (χ4n) is 4.30. The van der Waals surface area contributed by atoms with Gasteiger partial charge in [0.05, 0.1) is 0 Å². The Morgan fingerprint density at radius 2 is 1.77 bits per heavy atom. The molecule has 0 unspecified atom stereocenters. The van der Waals surface area contributed by atoms with Crippen LogP contribution in [0.2, 0.25) is 0 Å². The predicted octanol–water partition coefficient (Wildman–Crippen LogP) is 3.95. The van der Waals surface area contributed by atoms with Crippen molar-refractivity contribution in [1.82, 2.24) is 0 Å². The van der Waals surface area contributed by atoms with Crippen molar-refractivity contribution in [3.05, 3.63) is 23.8 Å². The number of nitrogens with two attached hydrogens (primary N) is 1. The van der Waals surface area contributed by atoms with E-state index in [1.807, 2.05) is 32.0 Å². The molecule has 1 saturated carbocycles. The first-order chi connectivity index (χ1) is 10.5. The summed E-state index contributed by atoms with van der Waals surface area (Å²) in [5, 5.41) is 0. The van der Waals surface area contributed by atoms with Crippen molar-refractivity contribution in [1.29, 1.82) is 0 Å². The van der Waals surface area contributed by atoms with Crippen LogP contribution in [0.4, 0.5) is 5.69 Å². The highest BCUT2D eigenvalue weighted by atomic mass is 16.8. The van der Waals surface area contributed by atoms with Crippen LogP contribution in [-0.4, -0.2) is 17.5 Å². The minimum Gasteiger partial charge on any atom is -0.484 e. The van der Waals surface area contributed by atoms with Gasteiger partial charge in [-0.25, -0.2) is 0 Å². The summed E-state index contributed by atoms with van der Waals surface area (Å²) >= 11 is 0. The molecule has 1 spiro atoms. The Kier molecular flexibility index (Phi) is 3.17.